The molecule has 2 rings (SSSR count). The van der Waals surface area contributed by atoms with Crippen molar-refractivity contribution in [1.82, 2.24) is 0 Å². The van der Waals surface area contributed by atoms with E-state index in [-0.39, 0.29) is 0 Å². The van der Waals surface area contributed by atoms with Crippen molar-refractivity contribution in [1.29, 1.82) is 0 Å². The maximum absolute atomic E-state index is 2.20. The van der Waals surface area contributed by atoms with Gasteiger partial charge < -0.3 is 0 Å². The summed E-state index contributed by atoms with van der Waals surface area (Å²) < 4.78 is 0.574. The van der Waals surface area contributed by atoms with Crippen molar-refractivity contribution in [2.24, 2.45) is 0 Å². The van der Waals surface area contributed by atoms with Gasteiger partial charge in [0.05, 0.1) is 0 Å². The molecule has 64 valence electrons. The van der Waals surface area contributed by atoms with Crippen LogP contribution in [0.25, 0.3) is 0 Å². The Balaban J connectivity index is 2.30. The molecule has 1 heteroatoms. The van der Waals surface area contributed by atoms with E-state index in [9.17, 15) is 0 Å². The first-order valence-electron chi connectivity index (χ1n) is 4.69. The fourth-order valence-corrected chi connectivity index (χ4v) is 2.58. The van der Waals surface area contributed by atoms with Crippen LogP contribution in [0.2, 0.25) is 0 Å². The summed E-state index contributed by atoms with van der Waals surface area (Å²) in [6.07, 6.45) is 0. The van der Waals surface area contributed by atoms with Gasteiger partial charge in [0.2, 0.25) is 0 Å². The van der Waals surface area contributed by atoms with Gasteiger partial charge in [-0.15, -0.1) is 0 Å². The van der Waals surface area contributed by atoms with Crippen molar-refractivity contribution in [3.8, 4) is 0 Å². The van der Waals surface area contributed by atoms with Gasteiger partial charge in [0.25, 0.3) is 0 Å². The first-order chi connectivity index (χ1) is 6.88. The molecule has 14 heavy (non-hydrogen) atoms. The van der Waals surface area contributed by atoms with Gasteiger partial charge >= 0.3 is 98.2 Å². The van der Waals surface area contributed by atoms with E-state index in [4.69, 9.17) is 0 Å². The molecule has 2 aromatic rings. The predicted octanol–water partition coefficient (Wildman–Crippen LogP) is 2.94. The van der Waals surface area contributed by atoms with Gasteiger partial charge in [0.1, 0.15) is 0 Å². The van der Waals surface area contributed by atoms with Crippen LogP contribution in [-0.2, 0) is 0 Å². The van der Waals surface area contributed by atoms with Crippen LogP contribution in [0.15, 0.2) is 60.7 Å². The molecule has 0 radical (unpaired) electrons. The number of rotatable bonds is 2. The second-order valence-corrected chi connectivity index (χ2v) is 4.90. The van der Waals surface area contributed by atoms with Crippen LogP contribution >= 0.6 is 0 Å². The summed E-state index contributed by atoms with van der Waals surface area (Å²) in [5.41, 5.74) is 2.83. The first kappa shape index (κ1) is 9.78. The van der Waals surface area contributed by atoms with Crippen LogP contribution in [0, 0.1) is 0 Å². The molecule has 0 aliphatic heterocycles. The van der Waals surface area contributed by atoms with Gasteiger partial charge in [-0.25, -0.2) is 0 Å². The Hall–Kier alpha value is -0.761. The molecule has 0 fully saturated rings. The zero-order chi connectivity index (χ0) is 9.80. The van der Waals surface area contributed by atoms with E-state index in [1.165, 1.54) is 11.1 Å². The summed E-state index contributed by atoms with van der Waals surface area (Å²) in [6.45, 7) is 0. The molecule has 0 bridgehead atoms. The van der Waals surface area contributed by atoms with E-state index < -0.39 is 0 Å². The quantitative estimate of drug-likeness (QED) is 0.745. The minimum absolute atomic E-state index is 0.574. The van der Waals surface area contributed by atoms with Gasteiger partial charge in [0.15, 0.2) is 0 Å². The first-order valence-corrected chi connectivity index (χ1v) is 6.34. The topological polar surface area (TPSA) is 0 Å². The summed E-state index contributed by atoms with van der Waals surface area (Å²) >= 11 is 1.54. The van der Waals surface area contributed by atoms with Crippen LogP contribution in [0.4, 0.5) is 0 Å². The van der Waals surface area contributed by atoms with E-state index in [2.05, 4.69) is 60.7 Å². The average molecular weight is 286 g/mol. The van der Waals surface area contributed by atoms with Crippen molar-refractivity contribution in [3.05, 3.63) is 71.8 Å². The Morgan fingerprint density at radius 2 is 1.00 bits per heavy atom. The molecule has 0 saturated heterocycles. The fourth-order valence-electron chi connectivity index (χ4n) is 1.48. The molecule has 0 amide bonds. The van der Waals surface area contributed by atoms with Crippen molar-refractivity contribution in [3.63, 3.8) is 0 Å². The van der Waals surface area contributed by atoms with Gasteiger partial charge in [-0.05, 0) is 0 Å². The zero-order valence-electron chi connectivity index (χ0n) is 7.85. The van der Waals surface area contributed by atoms with E-state index in [1.54, 1.807) is 22.5 Å². The van der Waals surface area contributed by atoms with Crippen LogP contribution < -0.4 is 0 Å². The summed E-state index contributed by atoms with van der Waals surface area (Å²) in [7, 11) is 0. The SMILES string of the molecule is [Sn+3][CH](c1ccccc1)c1ccccc1. The second kappa shape index (κ2) is 4.65. The van der Waals surface area contributed by atoms with Gasteiger partial charge in [-0.2, -0.15) is 0 Å². The van der Waals surface area contributed by atoms with Gasteiger partial charge in [-0.1, -0.05) is 0 Å². The van der Waals surface area contributed by atoms with Crippen molar-refractivity contribution < 1.29 is 0 Å². The second-order valence-electron chi connectivity index (χ2n) is 3.25. The molecule has 0 N–H and O–H groups in total. The normalized spacial score (nSPS) is 10.5. The molecule has 0 saturated carbocycles. The summed E-state index contributed by atoms with van der Waals surface area (Å²) in [4.78, 5) is 0. The van der Waals surface area contributed by atoms with Gasteiger partial charge in [0, 0.05) is 0 Å². The van der Waals surface area contributed by atoms with Crippen molar-refractivity contribution in [2.75, 3.05) is 0 Å². The third-order valence-corrected chi connectivity index (χ3v) is 4.17. The molecule has 0 heterocycles. The van der Waals surface area contributed by atoms with Crippen molar-refractivity contribution in [2.45, 2.75) is 3.93 Å². The standard InChI is InChI=1S/C13H11.Sn/c1-3-7-12(8-4-1)11-13-9-5-2-6-10-13;/h1-11H;/q;+3. The Morgan fingerprint density at radius 1 is 0.643 bits per heavy atom. The molecule has 0 atom stereocenters. The van der Waals surface area contributed by atoms with Crippen molar-refractivity contribution >= 4 is 22.5 Å². The molecular weight excluding hydrogens is 275 g/mol. The molecule has 0 aliphatic carbocycles. The Morgan fingerprint density at radius 3 is 1.36 bits per heavy atom. The van der Waals surface area contributed by atoms with E-state index in [0.717, 1.165) is 0 Å². The zero-order valence-corrected chi connectivity index (χ0v) is 10.7. The molecule has 2 aromatic carbocycles. The Labute approximate surface area is 98.1 Å². The number of benzene rings is 2. The maximum atomic E-state index is 2.20. The monoisotopic (exact) mass is 287 g/mol. The Bertz CT molecular complexity index is 341. The van der Waals surface area contributed by atoms with Gasteiger partial charge in [-0.3, -0.25) is 0 Å². The molecule has 0 nitrogen and oxygen atoms in total. The summed E-state index contributed by atoms with van der Waals surface area (Å²) in [6, 6.07) is 21.4. The molecule has 0 aromatic heterocycles. The van der Waals surface area contributed by atoms with Crippen LogP contribution in [0.5, 0.6) is 0 Å². The van der Waals surface area contributed by atoms with E-state index in [0.29, 0.717) is 3.93 Å². The average Bonchev–Trinajstić information content (AvgIpc) is 2.30. The van der Waals surface area contributed by atoms with E-state index >= 15 is 0 Å². The predicted molar refractivity (Wildman–Crippen MR) is 60.5 cm³/mol. The van der Waals surface area contributed by atoms with Crippen LogP contribution in [0.3, 0.4) is 0 Å². The molecular formula is C13H11Sn+3. The number of hydrogen-bond donors (Lipinski definition) is 0. The number of hydrogen-bond acceptors (Lipinski definition) is 0. The summed E-state index contributed by atoms with van der Waals surface area (Å²) in [5.74, 6) is 0. The minimum atomic E-state index is 0.574. The third kappa shape index (κ3) is 2.18. The Kier molecular flexibility index (Phi) is 3.25. The fraction of sp³-hybridized carbons (Fsp3) is 0.0769. The molecule has 0 aliphatic rings. The van der Waals surface area contributed by atoms with Crippen LogP contribution in [0.1, 0.15) is 15.1 Å². The molecule has 0 spiro atoms. The molecule has 0 unspecified atom stereocenters. The summed E-state index contributed by atoms with van der Waals surface area (Å²) in [5, 5.41) is 0. The van der Waals surface area contributed by atoms with Crippen LogP contribution in [-0.4, -0.2) is 22.5 Å². The third-order valence-electron chi connectivity index (χ3n) is 2.27. The van der Waals surface area contributed by atoms with E-state index in [1.807, 2.05) is 0 Å².